The molecule has 1 aliphatic rings. The smallest absolute Gasteiger partial charge is 0.336 e. The molecule has 0 aliphatic carbocycles. The van der Waals surface area contributed by atoms with Crippen molar-refractivity contribution in [1.82, 2.24) is 14.8 Å². The van der Waals surface area contributed by atoms with E-state index in [-0.39, 0.29) is 11.6 Å². The van der Waals surface area contributed by atoms with Crippen molar-refractivity contribution in [3.8, 4) is 11.3 Å². The number of hydrogen-bond acceptors (Lipinski definition) is 3. The molecule has 1 aliphatic heterocycles. The maximum Gasteiger partial charge on any atom is 0.433 e. The van der Waals surface area contributed by atoms with Crippen molar-refractivity contribution in [1.29, 1.82) is 0 Å². The van der Waals surface area contributed by atoms with Gasteiger partial charge in [-0.3, -0.25) is 9.69 Å². The summed E-state index contributed by atoms with van der Waals surface area (Å²) in [5, 5.41) is 0. The van der Waals surface area contributed by atoms with Gasteiger partial charge in [0.25, 0.3) is 5.91 Å². The van der Waals surface area contributed by atoms with Gasteiger partial charge in [-0.15, -0.1) is 0 Å². The number of alkyl halides is 3. The molecule has 0 N–H and O–H groups in total. The van der Waals surface area contributed by atoms with Crippen molar-refractivity contribution in [3.05, 3.63) is 53.7 Å². The standard InChI is InChI=1S/C20H22F3N3O/c1-14(2)25-9-11-26(12-10-25)19(27)16-6-3-5-15(13-16)17-7-4-8-18(24-17)20(21,22)23/h3-8,13-14H,9-12H2,1-2H3. The van der Waals surface area contributed by atoms with Crippen molar-refractivity contribution >= 4 is 5.91 Å². The molecule has 3 rings (SSSR count). The van der Waals surface area contributed by atoms with E-state index in [9.17, 15) is 18.0 Å². The minimum atomic E-state index is -4.50. The third kappa shape index (κ3) is 4.47. The number of rotatable bonds is 3. The number of halogens is 3. The fourth-order valence-electron chi connectivity index (χ4n) is 3.19. The highest BCUT2D eigenvalue weighted by Crippen LogP contribution is 2.29. The van der Waals surface area contributed by atoms with Crippen LogP contribution >= 0.6 is 0 Å². The van der Waals surface area contributed by atoms with Gasteiger partial charge in [0.05, 0.1) is 5.69 Å². The lowest BCUT2D eigenvalue weighted by Crippen LogP contribution is -2.50. The molecule has 27 heavy (non-hydrogen) atoms. The number of carbonyl (C=O) groups is 1. The molecule has 0 unspecified atom stereocenters. The zero-order valence-corrected chi connectivity index (χ0v) is 15.3. The van der Waals surface area contributed by atoms with Crippen LogP contribution in [0.5, 0.6) is 0 Å². The highest BCUT2D eigenvalue weighted by Gasteiger charge is 2.32. The first-order valence-electron chi connectivity index (χ1n) is 8.94. The van der Waals surface area contributed by atoms with Crippen LogP contribution in [0, 0.1) is 0 Å². The average molecular weight is 377 g/mol. The fourth-order valence-corrected chi connectivity index (χ4v) is 3.19. The van der Waals surface area contributed by atoms with Crippen LogP contribution < -0.4 is 0 Å². The number of benzene rings is 1. The van der Waals surface area contributed by atoms with Crippen molar-refractivity contribution in [2.24, 2.45) is 0 Å². The molecule has 1 fully saturated rings. The highest BCUT2D eigenvalue weighted by atomic mass is 19.4. The zero-order valence-electron chi connectivity index (χ0n) is 15.3. The quantitative estimate of drug-likeness (QED) is 0.813. The van der Waals surface area contributed by atoms with Crippen LogP contribution in [-0.2, 0) is 6.18 Å². The Morgan fingerprint density at radius 3 is 2.33 bits per heavy atom. The van der Waals surface area contributed by atoms with Crippen LogP contribution in [0.4, 0.5) is 13.2 Å². The molecule has 1 amide bonds. The van der Waals surface area contributed by atoms with E-state index in [1.165, 1.54) is 12.1 Å². The van der Waals surface area contributed by atoms with Crippen LogP contribution in [0.3, 0.4) is 0 Å². The number of carbonyl (C=O) groups excluding carboxylic acids is 1. The van der Waals surface area contributed by atoms with E-state index in [1.807, 2.05) is 0 Å². The van der Waals surface area contributed by atoms with Gasteiger partial charge in [-0.1, -0.05) is 18.2 Å². The molecule has 2 aromatic rings. The molecule has 0 radical (unpaired) electrons. The Kier molecular flexibility index (Phi) is 5.51. The Labute approximate surface area is 156 Å². The second kappa shape index (κ2) is 7.68. The number of pyridine rings is 1. The molecule has 1 aromatic heterocycles. The zero-order chi connectivity index (χ0) is 19.6. The van der Waals surface area contributed by atoms with Gasteiger partial charge in [-0.25, -0.2) is 4.98 Å². The monoisotopic (exact) mass is 377 g/mol. The maximum absolute atomic E-state index is 12.9. The fraction of sp³-hybridized carbons (Fsp3) is 0.400. The maximum atomic E-state index is 12.9. The van der Waals surface area contributed by atoms with E-state index < -0.39 is 11.9 Å². The molecule has 1 aromatic carbocycles. The molecule has 0 saturated carbocycles. The Morgan fingerprint density at radius 2 is 1.70 bits per heavy atom. The number of amides is 1. The molecule has 7 heteroatoms. The third-order valence-corrected chi connectivity index (χ3v) is 4.78. The summed E-state index contributed by atoms with van der Waals surface area (Å²) in [6.07, 6.45) is -4.50. The van der Waals surface area contributed by atoms with E-state index in [2.05, 4.69) is 23.7 Å². The minimum absolute atomic E-state index is 0.104. The van der Waals surface area contributed by atoms with Gasteiger partial charge in [-0.05, 0) is 38.1 Å². The first-order chi connectivity index (χ1) is 12.8. The molecule has 0 bridgehead atoms. The van der Waals surface area contributed by atoms with E-state index in [0.717, 1.165) is 19.2 Å². The first kappa shape index (κ1) is 19.4. The van der Waals surface area contributed by atoms with Crippen LogP contribution in [0.2, 0.25) is 0 Å². The highest BCUT2D eigenvalue weighted by molar-refractivity contribution is 5.95. The van der Waals surface area contributed by atoms with Crippen molar-refractivity contribution < 1.29 is 18.0 Å². The lowest BCUT2D eigenvalue weighted by Gasteiger charge is -2.37. The predicted molar refractivity (Wildman–Crippen MR) is 97.3 cm³/mol. The Morgan fingerprint density at radius 1 is 1.04 bits per heavy atom. The van der Waals surface area contributed by atoms with Crippen LogP contribution in [0.15, 0.2) is 42.5 Å². The van der Waals surface area contributed by atoms with E-state index in [4.69, 9.17) is 0 Å². The summed E-state index contributed by atoms with van der Waals surface area (Å²) in [5.41, 5.74) is 0.211. The van der Waals surface area contributed by atoms with Gasteiger partial charge >= 0.3 is 6.18 Å². The molecule has 4 nitrogen and oxygen atoms in total. The normalized spacial score (nSPS) is 16.0. The predicted octanol–water partition coefficient (Wildman–Crippen LogP) is 3.93. The van der Waals surface area contributed by atoms with E-state index in [1.54, 1.807) is 29.2 Å². The Hall–Kier alpha value is -2.41. The van der Waals surface area contributed by atoms with Gasteiger partial charge in [-0.2, -0.15) is 13.2 Å². The summed E-state index contributed by atoms with van der Waals surface area (Å²) in [6, 6.07) is 10.9. The Bertz CT molecular complexity index is 812. The summed E-state index contributed by atoms with van der Waals surface area (Å²) in [5.74, 6) is -0.104. The number of hydrogen-bond donors (Lipinski definition) is 0. The SMILES string of the molecule is CC(C)N1CCN(C(=O)c2cccc(-c3cccc(C(F)(F)F)n3)c2)CC1. The topological polar surface area (TPSA) is 36.4 Å². The lowest BCUT2D eigenvalue weighted by atomic mass is 10.1. The summed E-state index contributed by atoms with van der Waals surface area (Å²) >= 11 is 0. The molecule has 0 spiro atoms. The molecular formula is C20H22F3N3O. The first-order valence-corrected chi connectivity index (χ1v) is 8.94. The van der Waals surface area contributed by atoms with Crippen LogP contribution in [0.25, 0.3) is 11.3 Å². The summed E-state index contributed by atoms with van der Waals surface area (Å²) < 4.78 is 38.7. The number of nitrogens with zero attached hydrogens (tertiary/aromatic N) is 3. The molecule has 2 heterocycles. The lowest BCUT2D eigenvalue weighted by molar-refractivity contribution is -0.141. The average Bonchev–Trinajstić information content (AvgIpc) is 2.67. The van der Waals surface area contributed by atoms with Crippen molar-refractivity contribution in [2.75, 3.05) is 26.2 Å². The largest absolute Gasteiger partial charge is 0.433 e. The number of piperazine rings is 1. The molecule has 0 atom stereocenters. The van der Waals surface area contributed by atoms with Crippen LogP contribution in [0.1, 0.15) is 29.9 Å². The molecule has 1 saturated heterocycles. The second-order valence-electron chi connectivity index (χ2n) is 6.91. The summed E-state index contributed by atoms with van der Waals surface area (Å²) in [7, 11) is 0. The van der Waals surface area contributed by atoms with Gasteiger partial charge in [0, 0.05) is 43.3 Å². The van der Waals surface area contributed by atoms with Gasteiger partial charge in [0.2, 0.25) is 0 Å². The van der Waals surface area contributed by atoms with Gasteiger partial charge < -0.3 is 4.90 Å². The third-order valence-electron chi connectivity index (χ3n) is 4.78. The van der Waals surface area contributed by atoms with Crippen molar-refractivity contribution in [2.45, 2.75) is 26.1 Å². The van der Waals surface area contributed by atoms with Crippen molar-refractivity contribution in [3.63, 3.8) is 0 Å². The minimum Gasteiger partial charge on any atom is -0.336 e. The van der Waals surface area contributed by atoms with Crippen LogP contribution in [-0.4, -0.2) is 52.9 Å². The van der Waals surface area contributed by atoms with E-state index >= 15 is 0 Å². The number of aromatic nitrogens is 1. The second-order valence-corrected chi connectivity index (χ2v) is 6.91. The molecule has 144 valence electrons. The van der Waals surface area contributed by atoms with E-state index in [0.29, 0.717) is 30.3 Å². The summed E-state index contributed by atoms with van der Waals surface area (Å²) in [4.78, 5) is 20.6. The summed E-state index contributed by atoms with van der Waals surface area (Å²) in [6.45, 7) is 7.18. The van der Waals surface area contributed by atoms with Gasteiger partial charge in [0.15, 0.2) is 0 Å². The van der Waals surface area contributed by atoms with Gasteiger partial charge in [0.1, 0.15) is 5.69 Å². The Balaban J connectivity index is 1.79. The molecular weight excluding hydrogens is 355 g/mol.